The molecule has 1 aliphatic heterocycles. The van der Waals surface area contributed by atoms with Crippen molar-refractivity contribution in [3.63, 3.8) is 0 Å². The van der Waals surface area contributed by atoms with Gasteiger partial charge in [0.2, 0.25) is 0 Å². The van der Waals surface area contributed by atoms with Gasteiger partial charge in [-0.3, -0.25) is 9.89 Å². The number of carbonyl (C=O) groups is 1. The van der Waals surface area contributed by atoms with Crippen molar-refractivity contribution in [3.8, 4) is 0 Å². The lowest BCUT2D eigenvalue weighted by atomic mass is 10.0. The second kappa shape index (κ2) is 6.06. The predicted molar refractivity (Wildman–Crippen MR) is 82.5 cm³/mol. The molecule has 1 unspecified atom stereocenters. The molecule has 0 radical (unpaired) electrons. The lowest BCUT2D eigenvalue weighted by Gasteiger charge is -2.26. The third-order valence-corrected chi connectivity index (χ3v) is 3.95. The minimum atomic E-state index is -0.520. The van der Waals surface area contributed by atoms with Crippen LogP contribution in [0, 0.1) is 5.92 Å². The van der Waals surface area contributed by atoms with Crippen LogP contribution in [0.15, 0.2) is 24.4 Å². The standard InChI is InChI=1S/C16H21N3O3/c1-11(8-16(2)21-6-7-22-16)9-17-15(20)13-5-3-4-12-10-18-19-14(12)13/h3-5,10-11H,6-9H2,1-2H3,(H,17,20)(H,18,19). The molecular formula is C16H21N3O3. The number of rotatable bonds is 5. The minimum Gasteiger partial charge on any atom is -0.352 e. The molecule has 0 spiro atoms. The number of H-pyrrole nitrogens is 1. The van der Waals surface area contributed by atoms with E-state index in [1.165, 1.54) is 0 Å². The number of carbonyl (C=O) groups excluding carboxylic acids is 1. The van der Waals surface area contributed by atoms with E-state index in [9.17, 15) is 4.79 Å². The Balaban J connectivity index is 1.59. The minimum absolute atomic E-state index is 0.0971. The van der Waals surface area contributed by atoms with Crippen molar-refractivity contribution in [2.24, 2.45) is 5.92 Å². The molecule has 22 heavy (non-hydrogen) atoms. The molecule has 1 aromatic carbocycles. The maximum absolute atomic E-state index is 12.4. The Hall–Kier alpha value is -1.92. The number of hydrogen-bond acceptors (Lipinski definition) is 4. The second-order valence-electron chi connectivity index (χ2n) is 5.99. The number of aromatic nitrogens is 2. The fraction of sp³-hybridized carbons (Fsp3) is 0.500. The largest absolute Gasteiger partial charge is 0.352 e. The van der Waals surface area contributed by atoms with Gasteiger partial charge in [0, 0.05) is 18.4 Å². The van der Waals surface area contributed by atoms with Gasteiger partial charge in [-0.15, -0.1) is 0 Å². The van der Waals surface area contributed by atoms with Crippen molar-refractivity contribution >= 4 is 16.8 Å². The van der Waals surface area contributed by atoms with Crippen LogP contribution in [0.2, 0.25) is 0 Å². The van der Waals surface area contributed by atoms with E-state index in [1.807, 2.05) is 19.1 Å². The molecule has 1 atom stereocenters. The van der Waals surface area contributed by atoms with Crippen molar-refractivity contribution in [2.75, 3.05) is 19.8 Å². The van der Waals surface area contributed by atoms with Crippen molar-refractivity contribution in [2.45, 2.75) is 26.1 Å². The van der Waals surface area contributed by atoms with Gasteiger partial charge in [-0.25, -0.2) is 0 Å². The van der Waals surface area contributed by atoms with Gasteiger partial charge in [-0.1, -0.05) is 19.1 Å². The first-order valence-electron chi connectivity index (χ1n) is 7.56. The number of aromatic amines is 1. The zero-order chi connectivity index (χ0) is 15.6. The van der Waals surface area contributed by atoms with Crippen LogP contribution in [0.5, 0.6) is 0 Å². The lowest BCUT2D eigenvalue weighted by Crippen LogP contribution is -2.34. The Labute approximate surface area is 129 Å². The maximum atomic E-state index is 12.4. The van der Waals surface area contributed by atoms with E-state index in [4.69, 9.17) is 9.47 Å². The summed E-state index contributed by atoms with van der Waals surface area (Å²) in [5.74, 6) is -0.360. The maximum Gasteiger partial charge on any atom is 0.253 e. The van der Waals surface area contributed by atoms with E-state index in [0.717, 1.165) is 17.3 Å². The van der Waals surface area contributed by atoms with Crippen LogP contribution >= 0.6 is 0 Å². The van der Waals surface area contributed by atoms with Gasteiger partial charge in [0.1, 0.15) is 0 Å². The molecule has 1 aliphatic rings. The zero-order valence-corrected chi connectivity index (χ0v) is 12.9. The molecule has 0 aliphatic carbocycles. The topological polar surface area (TPSA) is 76.2 Å². The molecule has 2 N–H and O–H groups in total. The number of hydrogen-bond donors (Lipinski definition) is 2. The average Bonchev–Trinajstić information content (AvgIpc) is 3.13. The monoisotopic (exact) mass is 303 g/mol. The summed E-state index contributed by atoms with van der Waals surface area (Å²) in [6.07, 6.45) is 2.46. The van der Waals surface area contributed by atoms with Crippen LogP contribution in [0.3, 0.4) is 0 Å². The summed E-state index contributed by atoms with van der Waals surface area (Å²) in [7, 11) is 0. The van der Waals surface area contributed by atoms with E-state index in [1.54, 1.807) is 12.3 Å². The molecule has 3 rings (SSSR count). The third kappa shape index (κ3) is 3.13. The molecule has 1 saturated heterocycles. The average molecular weight is 303 g/mol. The Morgan fingerprint density at radius 1 is 1.45 bits per heavy atom. The molecule has 2 heterocycles. The van der Waals surface area contributed by atoms with Crippen LogP contribution in [0.4, 0.5) is 0 Å². The fourth-order valence-corrected chi connectivity index (χ4v) is 2.90. The van der Waals surface area contributed by atoms with Crippen molar-refractivity contribution in [1.29, 1.82) is 0 Å². The molecule has 6 heteroatoms. The highest BCUT2D eigenvalue weighted by atomic mass is 16.7. The predicted octanol–water partition coefficient (Wildman–Crippen LogP) is 2.08. The van der Waals surface area contributed by atoms with Crippen LogP contribution in [0.25, 0.3) is 10.9 Å². The molecule has 118 valence electrons. The van der Waals surface area contributed by atoms with Crippen molar-refractivity contribution in [1.82, 2.24) is 15.5 Å². The number of benzene rings is 1. The molecule has 1 amide bonds. The molecule has 2 aromatic rings. The zero-order valence-electron chi connectivity index (χ0n) is 12.9. The second-order valence-corrected chi connectivity index (χ2v) is 5.99. The fourth-order valence-electron chi connectivity index (χ4n) is 2.90. The highest BCUT2D eigenvalue weighted by Crippen LogP contribution is 2.26. The third-order valence-electron chi connectivity index (χ3n) is 3.95. The van der Waals surface area contributed by atoms with E-state index < -0.39 is 5.79 Å². The summed E-state index contributed by atoms with van der Waals surface area (Å²) in [6, 6.07) is 5.58. The van der Waals surface area contributed by atoms with Crippen LogP contribution in [0.1, 0.15) is 30.6 Å². The SMILES string of the molecule is CC(CNC(=O)c1cccc2cn[nH]c12)CC1(C)OCCO1. The van der Waals surface area contributed by atoms with Gasteiger partial charge in [0.15, 0.2) is 5.79 Å². The summed E-state index contributed by atoms with van der Waals surface area (Å²) in [6.45, 7) is 5.87. The lowest BCUT2D eigenvalue weighted by molar-refractivity contribution is -0.153. The number of fused-ring (bicyclic) bond motifs is 1. The molecule has 1 aromatic heterocycles. The van der Waals surface area contributed by atoms with Gasteiger partial charge < -0.3 is 14.8 Å². The number of nitrogens with one attached hydrogen (secondary N) is 2. The molecule has 0 bridgehead atoms. The summed E-state index contributed by atoms with van der Waals surface area (Å²) >= 11 is 0. The molecule has 0 saturated carbocycles. The highest BCUT2D eigenvalue weighted by Gasteiger charge is 2.32. The smallest absolute Gasteiger partial charge is 0.253 e. The first-order valence-corrected chi connectivity index (χ1v) is 7.56. The number of amides is 1. The normalized spacial score (nSPS) is 18.5. The Morgan fingerprint density at radius 3 is 3.00 bits per heavy atom. The summed E-state index contributed by atoms with van der Waals surface area (Å²) in [5, 5.41) is 10.8. The van der Waals surface area contributed by atoms with Gasteiger partial charge in [0.25, 0.3) is 5.91 Å². The summed E-state index contributed by atoms with van der Waals surface area (Å²) in [5.41, 5.74) is 1.38. The van der Waals surface area contributed by atoms with E-state index in [-0.39, 0.29) is 11.8 Å². The first kappa shape index (κ1) is 15.0. The quantitative estimate of drug-likeness (QED) is 0.886. The van der Waals surface area contributed by atoms with Crippen LogP contribution in [-0.2, 0) is 9.47 Å². The number of ether oxygens (including phenoxy) is 2. The van der Waals surface area contributed by atoms with E-state index in [0.29, 0.717) is 25.3 Å². The van der Waals surface area contributed by atoms with Gasteiger partial charge in [-0.05, 0) is 18.9 Å². The molecule has 1 fully saturated rings. The molecular weight excluding hydrogens is 282 g/mol. The number of para-hydroxylation sites is 1. The Morgan fingerprint density at radius 2 is 2.23 bits per heavy atom. The van der Waals surface area contributed by atoms with Crippen molar-refractivity contribution < 1.29 is 14.3 Å². The molecule has 6 nitrogen and oxygen atoms in total. The van der Waals surface area contributed by atoms with Crippen LogP contribution in [-0.4, -0.2) is 41.7 Å². The highest BCUT2D eigenvalue weighted by molar-refractivity contribution is 6.05. The summed E-state index contributed by atoms with van der Waals surface area (Å²) in [4.78, 5) is 12.4. The van der Waals surface area contributed by atoms with E-state index >= 15 is 0 Å². The van der Waals surface area contributed by atoms with Crippen LogP contribution < -0.4 is 5.32 Å². The summed E-state index contributed by atoms with van der Waals surface area (Å²) < 4.78 is 11.2. The van der Waals surface area contributed by atoms with Gasteiger partial charge in [0.05, 0.1) is 30.5 Å². The van der Waals surface area contributed by atoms with Crippen molar-refractivity contribution in [3.05, 3.63) is 30.0 Å². The van der Waals surface area contributed by atoms with E-state index in [2.05, 4.69) is 22.4 Å². The Bertz CT molecular complexity index is 661. The van der Waals surface area contributed by atoms with Gasteiger partial charge in [-0.2, -0.15) is 5.10 Å². The number of nitrogens with zero attached hydrogens (tertiary/aromatic N) is 1. The Kier molecular flexibility index (Phi) is 4.13. The van der Waals surface area contributed by atoms with Gasteiger partial charge >= 0.3 is 0 Å². The first-order chi connectivity index (χ1) is 10.6.